The number of carboxylic acid groups (broad SMARTS) is 1. The third kappa shape index (κ3) is 2.71. The van der Waals surface area contributed by atoms with Crippen molar-refractivity contribution in [2.75, 3.05) is 6.54 Å². The second-order valence-electron chi connectivity index (χ2n) is 6.18. The van der Waals surface area contributed by atoms with Crippen LogP contribution in [0.5, 0.6) is 0 Å². The van der Waals surface area contributed by atoms with Gasteiger partial charge < -0.3 is 14.3 Å². The molecule has 2 heterocycles. The molecule has 0 N–H and O–H groups in total. The number of aromatic carboxylic acids is 1. The quantitative estimate of drug-likeness (QED) is 0.842. The fraction of sp³-hybridized carbons (Fsp3) is 0.471. The first-order chi connectivity index (χ1) is 11.4. The molecule has 0 saturated carbocycles. The van der Waals surface area contributed by atoms with Gasteiger partial charge in [0.2, 0.25) is 10.0 Å². The Morgan fingerprint density at radius 1 is 1.38 bits per heavy atom. The Labute approximate surface area is 141 Å². The highest BCUT2D eigenvalue weighted by atomic mass is 32.2. The zero-order valence-electron chi connectivity index (χ0n) is 13.7. The number of hydrogen-bond acceptors (Lipinski definition) is 5. The molecular formula is C17H20NO5S-. The fourth-order valence-electron chi connectivity index (χ4n) is 3.39. The van der Waals surface area contributed by atoms with Gasteiger partial charge in [-0.2, -0.15) is 4.31 Å². The van der Waals surface area contributed by atoms with Gasteiger partial charge in [0.15, 0.2) is 5.76 Å². The number of carbonyl (C=O) groups excluding carboxylic acids is 1. The highest BCUT2D eigenvalue weighted by Gasteiger charge is 2.32. The first kappa shape index (κ1) is 17.0. The van der Waals surface area contributed by atoms with Gasteiger partial charge in [0.25, 0.3) is 0 Å². The Kier molecular flexibility index (Phi) is 4.40. The van der Waals surface area contributed by atoms with Crippen molar-refractivity contribution in [2.45, 2.75) is 50.5 Å². The van der Waals surface area contributed by atoms with Crippen molar-refractivity contribution in [1.82, 2.24) is 4.31 Å². The summed E-state index contributed by atoms with van der Waals surface area (Å²) in [7, 11) is -3.61. The van der Waals surface area contributed by atoms with Crippen LogP contribution in [0.4, 0.5) is 0 Å². The molecule has 2 aromatic rings. The van der Waals surface area contributed by atoms with Gasteiger partial charge >= 0.3 is 0 Å². The number of carboxylic acids is 1. The third-order valence-electron chi connectivity index (χ3n) is 4.74. The minimum atomic E-state index is -3.61. The van der Waals surface area contributed by atoms with Gasteiger partial charge in [-0.05, 0) is 44.4 Å². The van der Waals surface area contributed by atoms with E-state index in [1.165, 1.54) is 18.2 Å². The summed E-state index contributed by atoms with van der Waals surface area (Å²) >= 11 is 0. The van der Waals surface area contributed by atoms with E-state index in [0.717, 1.165) is 25.7 Å². The SMILES string of the molecule is CCC1CCCCN1S(=O)(=O)c1ccc2oc(C(=O)[O-])c(C)c2c1. The van der Waals surface area contributed by atoms with Crippen LogP contribution in [0.25, 0.3) is 11.0 Å². The second-order valence-corrected chi connectivity index (χ2v) is 8.07. The number of furan rings is 1. The maximum atomic E-state index is 13.0. The van der Waals surface area contributed by atoms with E-state index in [9.17, 15) is 18.3 Å². The molecule has 7 heteroatoms. The molecule has 1 aromatic heterocycles. The highest BCUT2D eigenvalue weighted by molar-refractivity contribution is 7.89. The zero-order chi connectivity index (χ0) is 17.5. The summed E-state index contributed by atoms with van der Waals surface area (Å²) in [5, 5.41) is 11.6. The normalized spacial score (nSPS) is 19.7. The van der Waals surface area contributed by atoms with E-state index < -0.39 is 16.0 Å². The van der Waals surface area contributed by atoms with E-state index in [2.05, 4.69) is 0 Å². The van der Waals surface area contributed by atoms with Crippen LogP contribution >= 0.6 is 0 Å². The largest absolute Gasteiger partial charge is 0.542 e. The monoisotopic (exact) mass is 350 g/mol. The molecule has 1 atom stereocenters. The van der Waals surface area contributed by atoms with Crippen LogP contribution in [0.1, 0.15) is 48.7 Å². The zero-order valence-corrected chi connectivity index (χ0v) is 14.6. The van der Waals surface area contributed by atoms with Gasteiger partial charge in [0, 0.05) is 23.5 Å². The summed E-state index contributed by atoms with van der Waals surface area (Å²) in [5.74, 6) is -1.67. The Bertz CT molecular complexity index is 884. The van der Waals surface area contributed by atoms with Crippen LogP contribution < -0.4 is 5.11 Å². The van der Waals surface area contributed by atoms with Crippen molar-refractivity contribution in [1.29, 1.82) is 0 Å². The number of rotatable bonds is 4. The van der Waals surface area contributed by atoms with Crippen LogP contribution in [-0.2, 0) is 10.0 Å². The predicted molar refractivity (Wildman–Crippen MR) is 87.1 cm³/mol. The number of piperidine rings is 1. The summed E-state index contributed by atoms with van der Waals surface area (Å²) in [6.45, 7) is 4.10. The van der Waals surface area contributed by atoms with Crippen molar-refractivity contribution < 1.29 is 22.7 Å². The maximum Gasteiger partial charge on any atom is 0.243 e. The van der Waals surface area contributed by atoms with E-state index >= 15 is 0 Å². The van der Waals surface area contributed by atoms with Crippen molar-refractivity contribution >= 4 is 27.0 Å². The van der Waals surface area contributed by atoms with E-state index in [-0.39, 0.29) is 16.7 Å². The van der Waals surface area contributed by atoms with Gasteiger partial charge in [0.1, 0.15) is 11.6 Å². The number of benzene rings is 1. The molecule has 0 bridgehead atoms. The number of sulfonamides is 1. The Morgan fingerprint density at radius 2 is 2.12 bits per heavy atom. The molecule has 1 aromatic carbocycles. The molecule has 130 valence electrons. The molecule has 1 aliphatic heterocycles. The van der Waals surface area contributed by atoms with Gasteiger partial charge in [-0.1, -0.05) is 13.3 Å². The first-order valence-corrected chi connectivity index (χ1v) is 9.56. The second kappa shape index (κ2) is 6.22. The van der Waals surface area contributed by atoms with Crippen LogP contribution in [0.3, 0.4) is 0 Å². The maximum absolute atomic E-state index is 13.0. The summed E-state index contributed by atoms with van der Waals surface area (Å²) in [5.41, 5.74) is 0.726. The van der Waals surface area contributed by atoms with E-state index in [1.807, 2.05) is 6.92 Å². The smallest absolute Gasteiger partial charge is 0.243 e. The number of fused-ring (bicyclic) bond motifs is 1. The average molecular weight is 350 g/mol. The average Bonchev–Trinajstić information content (AvgIpc) is 2.91. The lowest BCUT2D eigenvalue weighted by Gasteiger charge is -2.34. The number of carbonyl (C=O) groups is 1. The van der Waals surface area contributed by atoms with Crippen LogP contribution in [0.15, 0.2) is 27.5 Å². The molecule has 1 saturated heterocycles. The summed E-state index contributed by atoms with van der Waals surface area (Å²) in [4.78, 5) is 11.2. The molecule has 3 rings (SSSR count). The standard InChI is InChI=1S/C17H21NO5S/c1-3-12-6-4-5-9-18(12)24(21,22)13-7-8-15-14(10-13)11(2)16(23-15)17(19)20/h7-8,10,12H,3-6,9H2,1-2H3,(H,19,20)/p-1. The summed E-state index contributed by atoms with van der Waals surface area (Å²) in [6, 6.07) is 4.49. The molecule has 24 heavy (non-hydrogen) atoms. The van der Waals surface area contributed by atoms with E-state index in [0.29, 0.717) is 23.1 Å². The molecule has 1 fully saturated rings. The van der Waals surface area contributed by atoms with Crippen LogP contribution in [0, 0.1) is 6.92 Å². The molecule has 0 amide bonds. The number of hydrogen-bond donors (Lipinski definition) is 0. The molecule has 0 radical (unpaired) electrons. The summed E-state index contributed by atoms with van der Waals surface area (Å²) in [6.07, 6.45) is 3.55. The van der Waals surface area contributed by atoms with E-state index in [1.54, 1.807) is 11.2 Å². The van der Waals surface area contributed by atoms with Crippen molar-refractivity contribution in [3.05, 3.63) is 29.5 Å². The highest BCUT2D eigenvalue weighted by Crippen LogP contribution is 2.31. The minimum Gasteiger partial charge on any atom is -0.542 e. The Morgan fingerprint density at radius 3 is 2.79 bits per heavy atom. The minimum absolute atomic E-state index is 0.0173. The first-order valence-electron chi connectivity index (χ1n) is 8.12. The Hall–Kier alpha value is -1.86. The van der Waals surface area contributed by atoms with Crippen molar-refractivity contribution in [3.63, 3.8) is 0 Å². The molecule has 0 aliphatic carbocycles. The third-order valence-corrected chi connectivity index (χ3v) is 6.69. The van der Waals surface area contributed by atoms with Gasteiger partial charge in [-0.25, -0.2) is 8.42 Å². The van der Waals surface area contributed by atoms with Crippen molar-refractivity contribution in [2.24, 2.45) is 0 Å². The van der Waals surface area contributed by atoms with Crippen LogP contribution in [-0.4, -0.2) is 31.3 Å². The molecular weight excluding hydrogens is 330 g/mol. The lowest BCUT2D eigenvalue weighted by molar-refractivity contribution is -0.257. The summed E-state index contributed by atoms with van der Waals surface area (Å²) < 4.78 is 32.9. The van der Waals surface area contributed by atoms with Gasteiger partial charge in [-0.15, -0.1) is 0 Å². The van der Waals surface area contributed by atoms with Gasteiger partial charge in [-0.3, -0.25) is 0 Å². The molecule has 1 aliphatic rings. The lowest BCUT2D eigenvalue weighted by atomic mass is 10.0. The molecule has 6 nitrogen and oxygen atoms in total. The number of aryl methyl sites for hydroxylation is 1. The Balaban J connectivity index is 2.07. The molecule has 1 unspecified atom stereocenters. The fourth-order valence-corrected chi connectivity index (χ4v) is 5.18. The predicted octanol–water partition coefficient (Wildman–Crippen LogP) is 2.06. The van der Waals surface area contributed by atoms with E-state index in [4.69, 9.17) is 4.42 Å². The molecule has 0 spiro atoms. The van der Waals surface area contributed by atoms with Crippen molar-refractivity contribution in [3.8, 4) is 0 Å². The van der Waals surface area contributed by atoms with Crippen LogP contribution in [0.2, 0.25) is 0 Å². The number of nitrogens with zero attached hydrogens (tertiary/aromatic N) is 1. The topological polar surface area (TPSA) is 90.7 Å². The van der Waals surface area contributed by atoms with Gasteiger partial charge in [0.05, 0.1) is 4.90 Å². The lowest BCUT2D eigenvalue weighted by Crippen LogP contribution is -2.43.